The molecule has 2 aromatic carbocycles. The van der Waals surface area contributed by atoms with Gasteiger partial charge in [-0.1, -0.05) is 6.07 Å². The number of hydrogen-bond donors (Lipinski definition) is 0. The first-order valence-corrected chi connectivity index (χ1v) is 8.19. The van der Waals surface area contributed by atoms with Gasteiger partial charge in [-0.3, -0.25) is 0 Å². The minimum Gasteiger partial charge on any atom is -0.482 e. The Hall–Kier alpha value is -3.29. The van der Waals surface area contributed by atoms with Gasteiger partial charge in [-0.15, -0.1) is 0 Å². The molecule has 0 aliphatic heterocycles. The van der Waals surface area contributed by atoms with Crippen LogP contribution in [0.3, 0.4) is 0 Å². The summed E-state index contributed by atoms with van der Waals surface area (Å²) in [7, 11) is 0. The molecule has 0 unspecified atom stereocenters. The fourth-order valence-corrected chi connectivity index (χ4v) is 2.55. The van der Waals surface area contributed by atoms with Crippen molar-refractivity contribution in [3.8, 4) is 11.5 Å². The Morgan fingerprint density at radius 1 is 1.00 bits per heavy atom. The summed E-state index contributed by atoms with van der Waals surface area (Å²) in [6.07, 6.45) is -4.72. The van der Waals surface area contributed by atoms with E-state index in [4.69, 9.17) is 13.9 Å². The van der Waals surface area contributed by atoms with Crippen LogP contribution in [0.5, 0.6) is 11.5 Å². The zero-order chi connectivity index (χ0) is 20.5. The van der Waals surface area contributed by atoms with Crippen LogP contribution in [-0.4, -0.2) is 12.6 Å². The molecule has 0 amide bonds. The van der Waals surface area contributed by atoms with Crippen LogP contribution >= 0.6 is 0 Å². The summed E-state index contributed by atoms with van der Waals surface area (Å²) in [6.45, 7) is 3.45. The molecule has 0 N–H and O–H groups in total. The summed E-state index contributed by atoms with van der Waals surface area (Å²) >= 11 is 0. The Balaban J connectivity index is 1.76. The molecule has 0 saturated carbocycles. The van der Waals surface area contributed by atoms with Crippen LogP contribution in [0.1, 0.15) is 16.7 Å². The van der Waals surface area contributed by atoms with Gasteiger partial charge in [0.2, 0.25) is 0 Å². The monoisotopic (exact) mass is 392 g/mol. The molecule has 0 aliphatic rings. The molecule has 0 fully saturated rings. The van der Waals surface area contributed by atoms with Crippen molar-refractivity contribution in [2.75, 3.05) is 6.61 Å². The average Bonchev–Trinajstić information content (AvgIpc) is 2.61. The van der Waals surface area contributed by atoms with Crippen LogP contribution in [0.4, 0.5) is 13.2 Å². The van der Waals surface area contributed by atoms with Gasteiger partial charge < -0.3 is 13.9 Å². The van der Waals surface area contributed by atoms with Crippen molar-refractivity contribution in [3.63, 3.8) is 0 Å². The number of esters is 1. The highest BCUT2D eigenvalue weighted by molar-refractivity contribution is 5.83. The number of alkyl halides is 3. The zero-order valence-corrected chi connectivity index (χ0v) is 14.9. The fraction of sp³-hybridized carbons (Fsp3) is 0.200. The second-order valence-corrected chi connectivity index (χ2v) is 6.14. The molecule has 0 spiro atoms. The standard InChI is InChI=1S/C20H15F3O5/c1-11-3-4-13(7-12(11)2)26-10-19(25)27-14-5-6-15-16(20(21,22)23)9-18(24)28-17(15)8-14/h3-9H,10H2,1-2H3. The Morgan fingerprint density at radius 3 is 2.39 bits per heavy atom. The molecule has 5 nitrogen and oxygen atoms in total. The van der Waals surface area contributed by atoms with Gasteiger partial charge in [0.25, 0.3) is 0 Å². The van der Waals surface area contributed by atoms with Gasteiger partial charge in [0.05, 0.1) is 5.56 Å². The molecule has 0 bridgehead atoms. The van der Waals surface area contributed by atoms with E-state index in [-0.39, 0.29) is 16.7 Å². The second kappa shape index (κ2) is 7.38. The van der Waals surface area contributed by atoms with Crippen molar-refractivity contribution in [2.24, 2.45) is 0 Å². The number of carbonyl (C=O) groups is 1. The van der Waals surface area contributed by atoms with Crippen LogP contribution in [0.25, 0.3) is 11.0 Å². The number of aryl methyl sites for hydroxylation is 2. The lowest BCUT2D eigenvalue weighted by molar-refractivity contribution is -0.137. The van der Waals surface area contributed by atoms with Crippen LogP contribution in [0.2, 0.25) is 0 Å². The van der Waals surface area contributed by atoms with Gasteiger partial charge in [0.1, 0.15) is 17.1 Å². The highest BCUT2D eigenvalue weighted by Gasteiger charge is 2.33. The Morgan fingerprint density at radius 2 is 1.71 bits per heavy atom. The van der Waals surface area contributed by atoms with Crippen LogP contribution in [0.15, 0.2) is 51.7 Å². The van der Waals surface area contributed by atoms with Gasteiger partial charge in [0.15, 0.2) is 6.61 Å². The largest absolute Gasteiger partial charge is 0.482 e. The topological polar surface area (TPSA) is 65.7 Å². The van der Waals surface area contributed by atoms with Crippen molar-refractivity contribution in [3.05, 3.63) is 69.6 Å². The lowest BCUT2D eigenvalue weighted by Gasteiger charge is -2.11. The minimum absolute atomic E-state index is 0.0661. The van der Waals surface area contributed by atoms with Crippen molar-refractivity contribution in [1.29, 1.82) is 0 Å². The number of carbonyl (C=O) groups excluding carboxylic acids is 1. The van der Waals surface area contributed by atoms with E-state index in [1.54, 1.807) is 12.1 Å². The third-order valence-corrected chi connectivity index (χ3v) is 4.09. The quantitative estimate of drug-likeness (QED) is 0.374. The lowest BCUT2D eigenvalue weighted by atomic mass is 10.1. The summed E-state index contributed by atoms with van der Waals surface area (Å²) in [5, 5.41) is -0.307. The van der Waals surface area contributed by atoms with Gasteiger partial charge in [0, 0.05) is 17.5 Å². The fourth-order valence-electron chi connectivity index (χ4n) is 2.55. The number of fused-ring (bicyclic) bond motifs is 1. The van der Waals surface area contributed by atoms with Crippen molar-refractivity contribution < 1.29 is 31.9 Å². The van der Waals surface area contributed by atoms with E-state index >= 15 is 0 Å². The highest BCUT2D eigenvalue weighted by Crippen LogP contribution is 2.34. The molecule has 0 atom stereocenters. The van der Waals surface area contributed by atoms with E-state index in [0.717, 1.165) is 23.3 Å². The van der Waals surface area contributed by atoms with E-state index in [1.165, 1.54) is 6.07 Å². The molecule has 0 saturated heterocycles. The predicted octanol–water partition coefficient (Wildman–Crippen LogP) is 4.41. The molecule has 28 heavy (non-hydrogen) atoms. The highest BCUT2D eigenvalue weighted by atomic mass is 19.4. The number of ether oxygens (including phenoxy) is 2. The summed E-state index contributed by atoms with van der Waals surface area (Å²) in [5.74, 6) is -0.338. The van der Waals surface area contributed by atoms with Gasteiger partial charge in [-0.05, 0) is 49.2 Å². The molecule has 3 rings (SSSR count). The van der Waals surface area contributed by atoms with Crippen molar-refractivity contribution >= 4 is 16.9 Å². The number of rotatable bonds is 4. The maximum Gasteiger partial charge on any atom is 0.417 e. The first-order chi connectivity index (χ1) is 13.1. The van der Waals surface area contributed by atoms with Gasteiger partial charge in [-0.25, -0.2) is 9.59 Å². The van der Waals surface area contributed by atoms with Crippen molar-refractivity contribution in [1.82, 2.24) is 0 Å². The summed E-state index contributed by atoms with van der Waals surface area (Å²) in [6, 6.07) is 9.02. The zero-order valence-electron chi connectivity index (χ0n) is 14.9. The van der Waals surface area contributed by atoms with Crippen LogP contribution < -0.4 is 15.1 Å². The van der Waals surface area contributed by atoms with E-state index in [1.807, 2.05) is 19.9 Å². The number of hydrogen-bond acceptors (Lipinski definition) is 5. The molecule has 8 heteroatoms. The number of halogens is 3. The molecule has 146 valence electrons. The normalized spacial score (nSPS) is 11.5. The second-order valence-electron chi connectivity index (χ2n) is 6.14. The smallest absolute Gasteiger partial charge is 0.417 e. The first kappa shape index (κ1) is 19.5. The van der Waals surface area contributed by atoms with Crippen LogP contribution in [0, 0.1) is 13.8 Å². The third kappa shape index (κ3) is 4.33. The average molecular weight is 392 g/mol. The van der Waals surface area contributed by atoms with E-state index < -0.39 is 29.9 Å². The molecule has 0 aliphatic carbocycles. The maximum atomic E-state index is 13.0. The van der Waals surface area contributed by atoms with E-state index in [9.17, 15) is 22.8 Å². The van der Waals surface area contributed by atoms with Crippen molar-refractivity contribution in [2.45, 2.75) is 20.0 Å². The Kier molecular flexibility index (Phi) is 5.13. The molecular weight excluding hydrogens is 377 g/mol. The number of benzene rings is 2. The predicted molar refractivity (Wildman–Crippen MR) is 94.5 cm³/mol. The molecule has 1 heterocycles. The summed E-state index contributed by atoms with van der Waals surface area (Å²) in [5.41, 5.74) is -0.530. The minimum atomic E-state index is -4.72. The lowest BCUT2D eigenvalue weighted by Crippen LogP contribution is -2.18. The van der Waals surface area contributed by atoms with Crippen LogP contribution in [-0.2, 0) is 11.0 Å². The summed E-state index contributed by atoms with van der Waals surface area (Å²) in [4.78, 5) is 23.3. The molecule has 1 aromatic heterocycles. The summed E-state index contributed by atoms with van der Waals surface area (Å²) < 4.78 is 54.3. The molecular formula is C20H15F3O5. The molecule has 3 aromatic rings. The van der Waals surface area contributed by atoms with Gasteiger partial charge in [-0.2, -0.15) is 13.2 Å². The van der Waals surface area contributed by atoms with E-state index in [2.05, 4.69) is 0 Å². The Labute approximate surface area is 157 Å². The van der Waals surface area contributed by atoms with E-state index in [0.29, 0.717) is 11.8 Å². The third-order valence-electron chi connectivity index (χ3n) is 4.09. The van der Waals surface area contributed by atoms with Gasteiger partial charge >= 0.3 is 17.8 Å². The maximum absolute atomic E-state index is 13.0. The first-order valence-electron chi connectivity index (χ1n) is 8.19. The SMILES string of the molecule is Cc1ccc(OCC(=O)Oc2ccc3c(C(F)(F)F)cc(=O)oc3c2)cc1C. The molecule has 0 radical (unpaired) electrons. The Bertz CT molecular complexity index is 1100.